The zero-order valence-electron chi connectivity index (χ0n) is 21.6. The number of hydrogen-bond donors (Lipinski definition) is 0. The molecular weight excluding hydrogens is 426 g/mol. The van der Waals surface area contributed by atoms with Crippen LogP contribution in [0.3, 0.4) is 0 Å². The summed E-state index contributed by atoms with van der Waals surface area (Å²) in [7, 11) is 3.77. The van der Waals surface area contributed by atoms with E-state index in [4.69, 9.17) is 14.2 Å². The van der Waals surface area contributed by atoms with Crippen LogP contribution in [-0.4, -0.2) is 38.2 Å². The summed E-state index contributed by atoms with van der Waals surface area (Å²) in [5, 5.41) is 0. The second kappa shape index (κ2) is 8.01. The van der Waals surface area contributed by atoms with E-state index >= 15 is 0 Å². The number of ether oxygens (including phenoxy) is 3. The number of nitrogens with zero attached hydrogens (tertiary/aromatic N) is 1. The SMILES string of the molecule is COc1c2c(cc3c1C(CC(=O)c1cc(C(C)(C)C)cc4c1CCC4(C)C)N(C)CC3)OCO2. The van der Waals surface area contributed by atoms with E-state index in [1.165, 1.54) is 22.3 Å². The molecule has 0 spiro atoms. The molecule has 1 atom stereocenters. The van der Waals surface area contributed by atoms with Gasteiger partial charge < -0.3 is 14.2 Å². The Morgan fingerprint density at radius 1 is 1.18 bits per heavy atom. The van der Waals surface area contributed by atoms with Crippen molar-refractivity contribution in [1.82, 2.24) is 4.90 Å². The van der Waals surface area contributed by atoms with Gasteiger partial charge in [0.25, 0.3) is 0 Å². The Morgan fingerprint density at radius 3 is 2.65 bits per heavy atom. The fourth-order valence-corrected chi connectivity index (χ4v) is 5.87. The molecule has 5 nitrogen and oxygen atoms in total. The summed E-state index contributed by atoms with van der Waals surface area (Å²) in [5.74, 6) is 2.32. The van der Waals surface area contributed by atoms with Crippen LogP contribution in [0, 0.1) is 0 Å². The van der Waals surface area contributed by atoms with Gasteiger partial charge in [-0.05, 0) is 71.5 Å². The number of Topliss-reactive ketones (excluding diaryl/α,β-unsaturated/α-hetero) is 1. The number of carbonyl (C=O) groups excluding carboxylic acids is 1. The van der Waals surface area contributed by atoms with Crippen LogP contribution in [0.15, 0.2) is 18.2 Å². The Kier molecular flexibility index (Phi) is 5.47. The third-order valence-electron chi connectivity index (χ3n) is 8.07. The van der Waals surface area contributed by atoms with Crippen molar-refractivity contribution >= 4 is 5.78 Å². The van der Waals surface area contributed by atoms with Gasteiger partial charge in [0.2, 0.25) is 12.5 Å². The molecule has 2 heterocycles. The van der Waals surface area contributed by atoms with Gasteiger partial charge in [-0.3, -0.25) is 9.69 Å². The van der Waals surface area contributed by atoms with Crippen molar-refractivity contribution in [1.29, 1.82) is 0 Å². The summed E-state index contributed by atoms with van der Waals surface area (Å²) in [6, 6.07) is 6.53. The third kappa shape index (κ3) is 3.69. The van der Waals surface area contributed by atoms with Gasteiger partial charge in [-0.1, -0.05) is 40.7 Å². The van der Waals surface area contributed by atoms with Gasteiger partial charge in [0.1, 0.15) is 0 Å². The Balaban J connectivity index is 1.58. The lowest BCUT2D eigenvalue weighted by molar-refractivity contribution is 0.0924. The monoisotopic (exact) mass is 463 g/mol. The zero-order valence-corrected chi connectivity index (χ0v) is 21.6. The molecule has 0 aromatic heterocycles. The lowest BCUT2D eigenvalue weighted by Gasteiger charge is -2.35. The molecule has 0 bridgehead atoms. The lowest BCUT2D eigenvalue weighted by atomic mass is 9.78. The zero-order chi connectivity index (χ0) is 24.4. The average molecular weight is 464 g/mol. The van der Waals surface area contributed by atoms with E-state index in [0.717, 1.165) is 42.7 Å². The maximum absolute atomic E-state index is 14.0. The number of likely N-dealkylation sites (N-methyl/N-ethyl adjacent to an activating group) is 1. The van der Waals surface area contributed by atoms with Crippen molar-refractivity contribution in [3.8, 4) is 17.2 Å². The van der Waals surface area contributed by atoms with Crippen LogP contribution in [0.5, 0.6) is 17.2 Å². The fourth-order valence-electron chi connectivity index (χ4n) is 5.87. The molecule has 182 valence electrons. The minimum absolute atomic E-state index is 0.0158. The molecule has 0 saturated heterocycles. The van der Waals surface area contributed by atoms with E-state index in [1.54, 1.807) is 7.11 Å². The van der Waals surface area contributed by atoms with Gasteiger partial charge in [0.15, 0.2) is 17.3 Å². The van der Waals surface area contributed by atoms with E-state index in [-0.39, 0.29) is 29.4 Å². The number of methoxy groups -OCH3 is 1. The second-order valence-electron chi connectivity index (χ2n) is 11.8. The summed E-state index contributed by atoms with van der Waals surface area (Å²) in [6.07, 6.45) is 3.36. The number of ketones is 1. The molecule has 1 aliphatic carbocycles. The van der Waals surface area contributed by atoms with Crippen molar-refractivity contribution in [2.24, 2.45) is 0 Å². The van der Waals surface area contributed by atoms with Crippen LogP contribution in [0.2, 0.25) is 0 Å². The molecule has 2 aromatic carbocycles. The number of hydrogen-bond acceptors (Lipinski definition) is 5. The standard InChI is InChI=1S/C29H37NO4/c1-28(2,3)18-13-20(19-8-10-29(4,5)21(19)14-18)23(31)15-22-25-17(9-11-30(22)6)12-24-26(27(25)32-7)34-16-33-24/h12-14,22H,8-11,15-16H2,1-7H3. The summed E-state index contributed by atoms with van der Waals surface area (Å²) in [5.41, 5.74) is 7.08. The molecule has 34 heavy (non-hydrogen) atoms. The summed E-state index contributed by atoms with van der Waals surface area (Å²) in [4.78, 5) is 16.3. The maximum atomic E-state index is 14.0. The Morgan fingerprint density at radius 2 is 1.94 bits per heavy atom. The molecule has 1 unspecified atom stereocenters. The van der Waals surface area contributed by atoms with Crippen molar-refractivity contribution in [2.75, 3.05) is 27.5 Å². The minimum atomic E-state index is -0.0657. The normalized spacial score (nSPS) is 20.7. The van der Waals surface area contributed by atoms with Gasteiger partial charge in [0.05, 0.1) is 7.11 Å². The maximum Gasteiger partial charge on any atom is 0.231 e. The number of benzene rings is 2. The van der Waals surface area contributed by atoms with E-state index in [0.29, 0.717) is 17.9 Å². The topological polar surface area (TPSA) is 48.0 Å². The molecule has 2 aromatic rings. The molecule has 0 fully saturated rings. The fraction of sp³-hybridized carbons (Fsp3) is 0.552. The highest BCUT2D eigenvalue weighted by Crippen LogP contribution is 2.50. The lowest BCUT2D eigenvalue weighted by Crippen LogP contribution is -2.34. The Labute approximate surface area is 203 Å². The van der Waals surface area contributed by atoms with E-state index in [2.05, 4.69) is 64.8 Å². The van der Waals surface area contributed by atoms with Crippen LogP contribution in [0.25, 0.3) is 0 Å². The predicted octanol–water partition coefficient (Wildman–Crippen LogP) is 5.75. The van der Waals surface area contributed by atoms with Crippen molar-refractivity contribution in [2.45, 2.75) is 77.2 Å². The molecule has 2 aliphatic heterocycles. The van der Waals surface area contributed by atoms with Crippen molar-refractivity contribution in [3.05, 3.63) is 51.6 Å². The van der Waals surface area contributed by atoms with Crippen LogP contribution >= 0.6 is 0 Å². The Bertz CT molecular complexity index is 1160. The minimum Gasteiger partial charge on any atom is -0.492 e. The number of fused-ring (bicyclic) bond motifs is 3. The third-order valence-corrected chi connectivity index (χ3v) is 8.07. The molecule has 0 amide bonds. The van der Waals surface area contributed by atoms with Crippen LogP contribution in [0.4, 0.5) is 0 Å². The first-order valence-electron chi connectivity index (χ1n) is 12.4. The van der Waals surface area contributed by atoms with Crippen LogP contribution < -0.4 is 14.2 Å². The van der Waals surface area contributed by atoms with Gasteiger partial charge in [-0.15, -0.1) is 0 Å². The predicted molar refractivity (Wildman–Crippen MR) is 134 cm³/mol. The van der Waals surface area contributed by atoms with Crippen LogP contribution in [-0.2, 0) is 23.7 Å². The van der Waals surface area contributed by atoms with E-state index in [1.807, 2.05) is 0 Å². The highest BCUT2D eigenvalue weighted by Gasteiger charge is 2.38. The first-order valence-corrected chi connectivity index (χ1v) is 12.4. The van der Waals surface area contributed by atoms with Gasteiger partial charge in [0, 0.05) is 30.1 Å². The van der Waals surface area contributed by atoms with E-state index in [9.17, 15) is 4.79 Å². The van der Waals surface area contributed by atoms with Crippen LogP contribution in [0.1, 0.15) is 91.7 Å². The average Bonchev–Trinajstić information content (AvgIpc) is 3.36. The quantitative estimate of drug-likeness (QED) is 0.541. The number of carbonyl (C=O) groups is 1. The molecule has 5 rings (SSSR count). The first-order chi connectivity index (χ1) is 16.0. The van der Waals surface area contributed by atoms with Gasteiger partial charge in [-0.25, -0.2) is 0 Å². The summed E-state index contributed by atoms with van der Waals surface area (Å²) < 4.78 is 17.2. The second-order valence-corrected chi connectivity index (χ2v) is 11.8. The summed E-state index contributed by atoms with van der Waals surface area (Å²) in [6.45, 7) is 12.4. The highest BCUT2D eigenvalue weighted by molar-refractivity contribution is 5.99. The van der Waals surface area contributed by atoms with Gasteiger partial charge >= 0.3 is 0 Å². The Hall–Kier alpha value is -2.53. The molecule has 0 radical (unpaired) electrons. The van der Waals surface area contributed by atoms with E-state index < -0.39 is 0 Å². The highest BCUT2D eigenvalue weighted by atomic mass is 16.7. The van der Waals surface area contributed by atoms with Gasteiger partial charge in [-0.2, -0.15) is 0 Å². The summed E-state index contributed by atoms with van der Waals surface area (Å²) >= 11 is 0. The molecular formula is C29H37NO4. The van der Waals surface area contributed by atoms with Crippen molar-refractivity contribution in [3.63, 3.8) is 0 Å². The van der Waals surface area contributed by atoms with Crippen molar-refractivity contribution < 1.29 is 19.0 Å². The molecule has 0 N–H and O–H groups in total. The largest absolute Gasteiger partial charge is 0.492 e. The number of rotatable bonds is 4. The first kappa shape index (κ1) is 23.2. The smallest absolute Gasteiger partial charge is 0.231 e. The molecule has 3 aliphatic rings. The molecule has 5 heteroatoms. The molecule has 0 saturated carbocycles.